The number of hydrogen-bond donors (Lipinski definition) is 1. The smallest absolute Gasteiger partial charge is 0.0362 e. The van der Waals surface area contributed by atoms with E-state index in [4.69, 9.17) is 0 Å². The quantitative estimate of drug-likeness (QED) is 0.850. The summed E-state index contributed by atoms with van der Waals surface area (Å²) in [5, 5.41) is 3.63. The van der Waals surface area contributed by atoms with Crippen LogP contribution in [0.25, 0.3) is 0 Å². The molecule has 0 saturated carbocycles. The third-order valence-electron chi connectivity index (χ3n) is 3.43. The molecule has 1 unspecified atom stereocenters. The monoisotopic (exact) mass is 254 g/mol. The summed E-state index contributed by atoms with van der Waals surface area (Å²) in [5.74, 6) is 0. The van der Waals surface area contributed by atoms with Crippen molar-refractivity contribution in [2.75, 3.05) is 6.54 Å². The molecule has 2 heteroatoms. The molecule has 19 heavy (non-hydrogen) atoms. The minimum Gasteiger partial charge on any atom is -0.310 e. The van der Waals surface area contributed by atoms with Gasteiger partial charge in [0.15, 0.2) is 0 Å². The van der Waals surface area contributed by atoms with Gasteiger partial charge in [0.25, 0.3) is 0 Å². The van der Waals surface area contributed by atoms with Crippen LogP contribution >= 0.6 is 0 Å². The van der Waals surface area contributed by atoms with Gasteiger partial charge in [0.1, 0.15) is 0 Å². The van der Waals surface area contributed by atoms with Crippen molar-refractivity contribution in [2.45, 2.75) is 32.7 Å². The number of aryl methyl sites for hydroxylation is 1. The Hall–Kier alpha value is -1.67. The molecular weight excluding hydrogens is 232 g/mol. The van der Waals surface area contributed by atoms with Crippen LogP contribution < -0.4 is 5.32 Å². The van der Waals surface area contributed by atoms with Gasteiger partial charge in [0.05, 0.1) is 0 Å². The third-order valence-corrected chi connectivity index (χ3v) is 3.43. The highest BCUT2D eigenvalue weighted by molar-refractivity contribution is 5.28. The normalized spacial score (nSPS) is 12.3. The van der Waals surface area contributed by atoms with Crippen LogP contribution in [-0.2, 0) is 6.42 Å². The Labute approximate surface area is 115 Å². The average Bonchev–Trinajstić information content (AvgIpc) is 2.46. The first kappa shape index (κ1) is 13.8. The summed E-state index contributed by atoms with van der Waals surface area (Å²) < 4.78 is 0. The van der Waals surface area contributed by atoms with Crippen molar-refractivity contribution < 1.29 is 0 Å². The fraction of sp³-hybridized carbons (Fsp3) is 0.353. The zero-order valence-corrected chi connectivity index (χ0v) is 11.8. The molecule has 1 N–H and O–H groups in total. The van der Waals surface area contributed by atoms with Crippen molar-refractivity contribution in [2.24, 2.45) is 0 Å². The van der Waals surface area contributed by atoms with Gasteiger partial charge in [0, 0.05) is 18.4 Å². The van der Waals surface area contributed by atoms with E-state index in [-0.39, 0.29) is 0 Å². The maximum Gasteiger partial charge on any atom is 0.0362 e. The summed E-state index contributed by atoms with van der Waals surface area (Å²) in [6.07, 6.45) is 5.91. The summed E-state index contributed by atoms with van der Waals surface area (Å²) in [4.78, 5) is 4.10. The molecule has 0 saturated heterocycles. The van der Waals surface area contributed by atoms with Gasteiger partial charge >= 0.3 is 0 Å². The Morgan fingerprint density at radius 2 is 1.84 bits per heavy atom. The van der Waals surface area contributed by atoms with Gasteiger partial charge in [-0.2, -0.15) is 0 Å². The second-order valence-electron chi connectivity index (χ2n) is 4.92. The fourth-order valence-electron chi connectivity index (χ4n) is 2.28. The van der Waals surface area contributed by atoms with E-state index in [1.165, 1.54) is 16.7 Å². The molecule has 1 heterocycles. The molecule has 1 aromatic carbocycles. The third kappa shape index (κ3) is 3.90. The summed E-state index contributed by atoms with van der Waals surface area (Å²) in [5.41, 5.74) is 4.08. The maximum atomic E-state index is 4.10. The Morgan fingerprint density at radius 3 is 2.53 bits per heavy atom. The molecule has 0 radical (unpaired) electrons. The number of hydrogen-bond acceptors (Lipinski definition) is 2. The van der Waals surface area contributed by atoms with E-state index in [2.05, 4.69) is 60.5 Å². The van der Waals surface area contributed by atoms with E-state index < -0.39 is 0 Å². The van der Waals surface area contributed by atoms with E-state index in [0.717, 1.165) is 19.4 Å². The molecule has 2 aromatic rings. The zero-order valence-electron chi connectivity index (χ0n) is 11.8. The maximum absolute atomic E-state index is 4.10. The molecule has 0 bridgehead atoms. The number of rotatable bonds is 6. The largest absolute Gasteiger partial charge is 0.310 e. The first-order valence-electron chi connectivity index (χ1n) is 6.99. The second kappa shape index (κ2) is 7.05. The molecule has 0 amide bonds. The van der Waals surface area contributed by atoms with Gasteiger partial charge in [-0.25, -0.2) is 0 Å². The molecule has 0 fully saturated rings. The van der Waals surface area contributed by atoms with Gasteiger partial charge in [-0.3, -0.25) is 4.98 Å². The number of nitrogens with zero attached hydrogens (tertiary/aromatic N) is 1. The molecule has 0 spiro atoms. The summed E-state index contributed by atoms with van der Waals surface area (Å²) in [7, 11) is 0. The predicted octanol–water partition coefficient (Wildman–Crippen LogP) is 3.67. The van der Waals surface area contributed by atoms with Crippen LogP contribution in [0, 0.1) is 6.92 Å². The molecule has 2 rings (SSSR count). The standard InChI is InChI=1S/C17H22N2/c1-3-10-19-17(15-8-11-18-12-9-15)13-16-7-5-4-6-14(16)2/h4-9,11-12,17,19H,3,10,13H2,1-2H3. The molecule has 1 aromatic heterocycles. The SMILES string of the molecule is CCCNC(Cc1ccccc1C)c1ccncc1. The van der Waals surface area contributed by atoms with Gasteiger partial charge in [-0.15, -0.1) is 0 Å². The average molecular weight is 254 g/mol. The predicted molar refractivity (Wildman–Crippen MR) is 80.2 cm³/mol. The molecule has 0 aliphatic heterocycles. The number of aromatic nitrogens is 1. The van der Waals surface area contributed by atoms with E-state index >= 15 is 0 Å². The van der Waals surface area contributed by atoms with Crippen molar-refractivity contribution in [1.82, 2.24) is 10.3 Å². The van der Waals surface area contributed by atoms with Gasteiger partial charge in [-0.05, 0) is 55.1 Å². The van der Waals surface area contributed by atoms with Crippen molar-refractivity contribution in [3.8, 4) is 0 Å². The highest BCUT2D eigenvalue weighted by Crippen LogP contribution is 2.20. The Morgan fingerprint density at radius 1 is 1.11 bits per heavy atom. The van der Waals surface area contributed by atoms with Crippen LogP contribution in [-0.4, -0.2) is 11.5 Å². The van der Waals surface area contributed by atoms with Crippen LogP contribution in [0.2, 0.25) is 0 Å². The first-order chi connectivity index (χ1) is 9.31. The lowest BCUT2D eigenvalue weighted by Crippen LogP contribution is -2.24. The molecule has 0 aliphatic carbocycles. The van der Waals surface area contributed by atoms with Gasteiger partial charge in [0.2, 0.25) is 0 Å². The highest BCUT2D eigenvalue weighted by atomic mass is 14.9. The first-order valence-corrected chi connectivity index (χ1v) is 6.99. The minimum absolute atomic E-state index is 0.365. The molecule has 0 aliphatic rings. The van der Waals surface area contributed by atoms with Crippen LogP contribution in [0.15, 0.2) is 48.8 Å². The Balaban J connectivity index is 2.17. The Kier molecular flexibility index (Phi) is 5.10. The van der Waals surface area contributed by atoms with E-state index in [0.29, 0.717) is 6.04 Å². The van der Waals surface area contributed by atoms with Crippen LogP contribution in [0.4, 0.5) is 0 Å². The number of nitrogens with one attached hydrogen (secondary N) is 1. The lowest BCUT2D eigenvalue weighted by molar-refractivity contribution is 0.528. The lowest BCUT2D eigenvalue weighted by atomic mass is 9.96. The Bertz CT molecular complexity index is 494. The van der Waals surface area contributed by atoms with Crippen molar-refractivity contribution in [3.63, 3.8) is 0 Å². The molecular formula is C17H22N2. The van der Waals surface area contributed by atoms with Crippen LogP contribution in [0.5, 0.6) is 0 Å². The van der Waals surface area contributed by atoms with E-state index in [1.807, 2.05) is 12.4 Å². The van der Waals surface area contributed by atoms with Crippen molar-refractivity contribution in [1.29, 1.82) is 0 Å². The minimum atomic E-state index is 0.365. The topological polar surface area (TPSA) is 24.9 Å². The van der Waals surface area contributed by atoms with Gasteiger partial charge < -0.3 is 5.32 Å². The van der Waals surface area contributed by atoms with E-state index in [1.54, 1.807) is 0 Å². The van der Waals surface area contributed by atoms with Crippen LogP contribution in [0.3, 0.4) is 0 Å². The molecule has 100 valence electrons. The summed E-state index contributed by atoms with van der Waals surface area (Å²) in [6, 6.07) is 13.2. The van der Waals surface area contributed by atoms with Crippen LogP contribution in [0.1, 0.15) is 36.1 Å². The van der Waals surface area contributed by atoms with Crippen molar-refractivity contribution >= 4 is 0 Å². The second-order valence-corrected chi connectivity index (χ2v) is 4.92. The fourth-order valence-corrected chi connectivity index (χ4v) is 2.28. The summed E-state index contributed by atoms with van der Waals surface area (Å²) in [6.45, 7) is 5.42. The highest BCUT2D eigenvalue weighted by Gasteiger charge is 2.12. The van der Waals surface area contributed by atoms with Crippen molar-refractivity contribution in [3.05, 3.63) is 65.5 Å². The van der Waals surface area contributed by atoms with Gasteiger partial charge in [-0.1, -0.05) is 31.2 Å². The number of benzene rings is 1. The summed E-state index contributed by atoms with van der Waals surface area (Å²) >= 11 is 0. The zero-order chi connectivity index (χ0) is 13.5. The molecule has 2 nitrogen and oxygen atoms in total. The molecule has 1 atom stereocenters. The lowest BCUT2D eigenvalue weighted by Gasteiger charge is -2.20. The number of pyridine rings is 1. The van der Waals surface area contributed by atoms with E-state index in [9.17, 15) is 0 Å².